The highest BCUT2D eigenvalue weighted by molar-refractivity contribution is 7.02. The molecule has 9 N–H and O–H groups in total. The van der Waals surface area contributed by atoms with Gasteiger partial charge in [0.25, 0.3) is 6.71 Å². The van der Waals surface area contributed by atoms with Crippen molar-refractivity contribution in [3.05, 3.63) is 17.0 Å². The molecule has 26 heteroatoms. The summed E-state index contributed by atoms with van der Waals surface area (Å²) in [5.41, 5.74) is -9.71. The van der Waals surface area contributed by atoms with Gasteiger partial charge in [0.15, 0.2) is 11.5 Å². The van der Waals surface area contributed by atoms with Crippen molar-refractivity contribution in [3.63, 3.8) is 0 Å². The summed E-state index contributed by atoms with van der Waals surface area (Å²) < 4.78 is 13.5. The van der Waals surface area contributed by atoms with Crippen molar-refractivity contribution in [2.45, 2.75) is 12.2 Å². The third-order valence-electron chi connectivity index (χ3n) is 11.8. The lowest BCUT2D eigenvalue weighted by molar-refractivity contribution is 0.0124. The summed E-state index contributed by atoms with van der Waals surface area (Å²) in [5, 5.41) is 101. The Bertz CT molecular complexity index is 3110. The molecule has 0 fully saturated rings. The Kier molecular flexibility index (Phi) is 9.06. The van der Waals surface area contributed by atoms with Crippen molar-refractivity contribution in [1.82, 2.24) is 4.57 Å². The molecule has 3 aliphatic rings. The van der Waals surface area contributed by atoms with Gasteiger partial charge < -0.3 is 60.0 Å². The minimum absolute atomic E-state index is 0.0734. The normalized spacial score (nSPS) is 16.1. The van der Waals surface area contributed by atoms with E-state index in [4.69, 9.17) is 111 Å². The van der Waals surface area contributed by atoms with Gasteiger partial charge in [-0.2, -0.15) is 0 Å². The minimum atomic E-state index is -2.16. The Morgan fingerprint density at radius 2 is 0.871 bits per heavy atom. The molecule has 12 nitrogen and oxygen atoms in total. The average Bonchev–Trinajstić information content (AvgIpc) is 3.61. The van der Waals surface area contributed by atoms with Crippen molar-refractivity contribution in [2.75, 3.05) is 0 Å². The lowest BCUT2D eigenvalue weighted by Crippen LogP contribution is -2.68. The van der Waals surface area contributed by atoms with Crippen LogP contribution in [0.15, 0.2) is 5.76 Å². The van der Waals surface area contributed by atoms with Crippen LogP contribution in [-0.2, 0) is 0 Å². The number of phenols is 6. The molecule has 2 unspecified atom stereocenters. The van der Waals surface area contributed by atoms with Crippen molar-refractivity contribution in [3.8, 4) is 74.3 Å². The fourth-order valence-corrected chi connectivity index (χ4v) is 8.69. The number of fused-ring (bicyclic) bond motifs is 7. The van der Waals surface area contributed by atoms with Gasteiger partial charge >= 0.3 is 0 Å². The first-order valence-corrected chi connectivity index (χ1v) is 17.8. The minimum Gasteiger partial charge on any atom is -0.510 e. The molecule has 6 aromatic rings. The van der Waals surface area contributed by atoms with E-state index in [1.807, 2.05) is 0 Å². The molecule has 0 bridgehead atoms. The molecule has 1 aliphatic carbocycles. The second-order valence-electron chi connectivity index (χ2n) is 14.9. The first-order valence-electron chi connectivity index (χ1n) is 17.8. The van der Waals surface area contributed by atoms with Crippen molar-refractivity contribution in [2.24, 2.45) is 0 Å². The van der Waals surface area contributed by atoms with Crippen LogP contribution in [0, 0.1) is 0 Å². The smallest absolute Gasteiger partial charge is 0.259 e. The van der Waals surface area contributed by atoms with Crippen molar-refractivity contribution >= 4 is 207 Å². The zero-order chi connectivity index (χ0) is 45.4. The molecule has 3 heterocycles. The molecule has 9 rings (SSSR count). The van der Waals surface area contributed by atoms with E-state index < -0.39 is 153 Å². The van der Waals surface area contributed by atoms with Gasteiger partial charge in [-0.1, -0.05) is 43.7 Å². The average molecular weight is 785 g/mol. The maximum Gasteiger partial charge on any atom is 0.259 e. The summed E-state index contributed by atoms with van der Waals surface area (Å²) in [6.45, 7) is -1.39. The van der Waals surface area contributed by atoms with Crippen LogP contribution in [0.2, 0.25) is 0 Å². The number of rotatable bonds is 2. The predicted molar refractivity (Wildman–Crippen MR) is 247 cm³/mol. The first kappa shape index (κ1) is 41.7. The summed E-state index contributed by atoms with van der Waals surface area (Å²) in [4.78, 5) is 0. The van der Waals surface area contributed by atoms with Crippen molar-refractivity contribution < 1.29 is 55.4 Å². The van der Waals surface area contributed by atoms with Crippen LogP contribution < -0.4 is 91.4 Å². The molecule has 0 amide bonds. The zero-order valence-corrected chi connectivity index (χ0v) is 31.5. The summed E-state index contributed by atoms with van der Waals surface area (Å²) in [7, 11) is 83.8. The Labute approximate surface area is 369 Å². The second-order valence-corrected chi connectivity index (χ2v) is 14.9. The molecule has 1 aromatic heterocycles. The van der Waals surface area contributed by atoms with Gasteiger partial charge in [0.2, 0.25) is 0 Å². The fourth-order valence-electron chi connectivity index (χ4n) is 8.69. The number of benzene rings is 5. The number of phenolic OH excluding ortho intramolecular Hbond substituents is 6. The third kappa shape index (κ3) is 4.88. The zero-order valence-electron chi connectivity index (χ0n) is 31.5. The second kappa shape index (κ2) is 13.5. The van der Waals surface area contributed by atoms with Crippen LogP contribution in [-0.4, -0.2) is 165 Å². The van der Waals surface area contributed by atoms with E-state index in [1.54, 1.807) is 0 Å². The maximum atomic E-state index is 11.7. The van der Waals surface area contributed by atoms with E-state index >= 15 is 0 Å². The van der Waals surface area contributed by atoms with Gasteiger partial charge in [-0.3, -0.25) is 0 Å². The van der Waals surface area contributed by atoms with Crippen LogP contribution in [0.1, 0.15) is 17.4 Å². The van der Waals surface area contributed by atoms with E-state index in [0.29, 0.717) is 0 Å². The molecule has 62 heavy (non-hydrogen) atoms. The molecule has 0 saturated heterocycles. The molecule has 268 valence electrons. The Balaban J connectivity index is 1.50. The Morgan fingerprint density at radius 1 is 0.403 bits per heavy atom. The molecule has 0 saturated carbocycles. The summed E-state index contributed by atoms with van der Waals surface area (Å²) >= 11 is 0. The van der Waals surface area contributed by atoms with Crippen LogP contribution in [0.4, 0.5) is 0 Å². The number of hydrogen-bond donors (Lipinski definition) is 9. The predicted octanol–water partition coefficient (Wildman–Crippen LogP) is -11.4. The monoisotopic (exact) mass is 787 g/mol. The van der Waals surface area contributed by atoms with E-state index in [1.165, 1.54) is 0 Å². The Hall–Kier alpha value is -5.59. The molecule has 2 atom stereocenters. The number of nitrogens with zero attached hydrogens (tertiary/aromatic N) is 1. The number of aliphatic hydroxyl groups is 3. The topological polar surface area (TPSA) is 205 Å². The highest BCUT2D eigenvalue weighted by Gasteiger charge is 2.47. The van der Waals surface area contributed by atoms with Crippen molar-refractivity contribution in [1.29, 1.82) is 0 Å². The van der Waals surface area contributed by atoms with E-state index in [0.717, 1.165) is 4.57 Å². The number of hydrogen-bond acceptors (Lipinski definition) is 11. The lowest BCUT2D eigenvalue weighted by Gasteiger charge is -2.40. The van der Waals surface area contributed by atoms with Gasteiger partial charge in [0.05, 0.1) is 16.6 Å². The lowest BCUT2D eigenvalue weighted by atomic mass is 9.31. The SMILES string of the molecule is [B]C1=C(O)C(O)C(O)c2c1c1c(O)c([B])c([B])c(O)c1n2-c1c([B])c(O)c([B])c([B])c1-c1c([B])c2c3c(c1[B])Oc1c(O)c([B])c(O)c([B])c1B3c1c([B])c(O)c([B])c([B])c1O2. The van der Waals surface area contributed by atoms with Crippen LogP contribution in [0.3, 0.4) is 0 Å². The quantitative estimate of drug-likeness (QED) is 0.0595. The molecule has 0 spiro atoms. The van der Waals surface area contributed by atoms with E-state index in [9.17, 15) is 46.0 Å². The summed E-state index contributed by atoms with van der Waals surface area (Å²) in [5.74, 6) is -7.21. The third-order valence-corrected chi connectivity index (χ3v) is 11.8. The first-order chi connectivity index (χ1) is 29.0. The number of aromatic hydroxyl groups is 6. The standard InChI is InChI=1S/C36H11B14NO11/c37-5-2(21(16(48)26(54)9(5)41)51-22-3(6(38)29(57)32(60)31(22)59)4-23(51)28(56)11(43)10(42)24(4)52)1-7(39)33-20-34(8(1)40)62-36-19(15(47)27(55)17(49)30(36)58)50(20)18-14(46)25(53)12(44)13(45)35(18)61-33/h31-32,52-60H. The molecule has 26 radical (unpaired) electrons. The van der Waals surface area contributed by atoms with E-state index in [-0.39, 0.29) is 55.7 Å². The van der Waals surface area contributed by atoms with Crippen LogP contribution >= 0.6 is 0 Å². The van der Waals surface area contributed by atoms with Gasteiger partial charge in [-0.25, -0.2) is 0 Å². The van der Waals surface area contributed by atoms with Gasteiger partial charge in [0.1, 0.15) is 166 Å². The summed E-state index contributed by atoms with van der Waals surface area (Å²) in [6.07, 6.45) is -4.31. The number of aromatic nitrogens is 1. The van der Waals surface area contributed by atoms with Gasteiger partial charge in [-0.05, 0) is 49.4 Å². The van der Waals surface area contributed by atoms with E-state index in [2.05, 4.69) is 0 Å². The highest BCUT2D eigenvalue weighted by atomic mass is 16.5. The maximum absolute atomic E-state index is 11.7. The number of aliphatic hydroxyl groups excluding tert-OH is 3. The van der Waals surface area contributed by atoms with Gasteiger partial charge in [-0.15, -0.1) is 0 Å². The molecule has 5 aromatic carbocycles. The van der Waals surface area contributed by atoms with Crippen LogP contribution in [0.25, 0.3) is 33.2 Å². The molecular formula is C36H11B14NO11. The summed E-state index contributed by atoms with van der Waals surface area (Å²) in [6, 6.07) is 0. The molecule has 2 aliphatic heterocycles. The number of ether oxygens (including phenoxy) is 2. The largest absolute Gasteiger partial charge is 0.510 e. The fraction of sp³-hybridized carbons (Fsp3) is 0.0556. The van der Waals surface area contributed by atoms with Crippen LogP contribution in [0.5, 0.6) is 57.5 Å². The highest BCUT2D eigenvalue weighted by Crippen LogP contribution is 2.48. The van der Waals surface area contributed by atoms with Gasteiger partial charge in [0, 0.05) is 16.7 Å². The molecular weight excluding hydrogens is 774 g/mol. The Morgan fingerprint density at radius 3 is 1.47 bits per heavy atom.